The maximum Gasteiger partial charge on any atom is 0.134 e. The molecule has 5 heteroatoms. The van der Waals surface area contributed by atoms with E-state index >= 15 is 0 Å². The van der Waals surface area contributed by atoms with Crippen LogP contribution in [0.3, 0.4) is 0 Å². The van der Waals surface area contributed by atoms with Gasteiger partial charge in [-0.15, -0.1) is 0 Å². The zero-order chi connectivity index (χ0) is 13.9. The van der Waals surface area contributed by atoms with E-state index in [1.54, 1.807) is 0 Å². The van der Waals surface area contributed by atoms with Gasteiger partial charge in [0.25, 0.3) is 0 Å². The molecular weight excluding hydrogens is 250 g/mol. The molecule has 20 heavy (non-hydrogen) atoms. The van der Waals surface area contributed by atoms with Crippen LogP contribution in [0.4, 0.5) is 5.82 Å². The summed E-state index contributed by atoms with van der Waals surface area (Å²) in [6.07, 6.45) is 8.23. The molecule has 2 heterocycles. The first-order valence-electron chi connectivity index (χ1n) is 7.35. The van der Waals surface area contributed by atoms with Crippen molar-refractivity contribution in [3.8, 4) is 0 Å². The predicted molar refractivity (Wildman–Crippen MR) is 78.9 cm³/mol. The van der Waals surface area contributed by atoms with E-state index in [4.69, 9.17) is 4.98 Å². The summed E-state index contributed by atoms with van der Waals surface area (Å²) in [6, 6.07) is 2.02. The summed E-state index contributed by atoms with van der Waals surface area (Å²) in [5.41, 5.74) is 1.05. The molecule has 0 unspecified atom stereocenters. The fourth-order valence-electron chi connectivity index (χ4n) is 2.37. The van der Waals surface area contributed by atoms with Crippen molar-refractivity contribution in [2.75, 3.05) is 12.4 Å². The molecular formula is C15H21N5. The largest absolute Gasteiger partial charge is 0.373 e. The summed E-state index contributed by atoms with van der Waals surface area (Å²) >= 11 is 0. The minimum atomic E-state index is 0.567. The van der Waals surface area contributed by atoms with E-state index in [1.807, 2.05) is 25.5 Å². The van der Waals surface area contributed by atoms with Crippen molar-refractivity contribution in [3.05, 3.63) is 35.8 Å². The van der Waals surface area contributed by atoms with Gasteiger partial charge < -0.3 is 9.88 Å². The third kappa shape index (κ3) is 2.81. The Balaban J connectivity index is 1.85. The van der Waals surface area contributed by atoms with Crippen LogP contribution in [0.1, 0.15) is 49.4 Å². The molecule has 2 aromatic rings. The average Bonchev–Trinajstić information content (AvgIpc) is 3.23. The van der Waals surface area contributed by atoms with Crippen LogP contribution in [0.5, 0.6) is 0 Å². The number of imidazole rings is 1. The maximum absolute atomic E-state index is 4.72. The lowest BCUT2D eigenvalue weighted by Gasteiger charge is -2.09. The Morgan fingerprint density at radius 1 is 1.35 bits per heavy atom. The summed E-state index contributed by atoms with van der Waals surface area (Å²) < 4.78 is 2.21. The summed E-state index contributed by atoms with van der Waals surface area (Å²) in [6.45, 7) is 3.19. The minimum Gasteiger partial charge on any atom is -0.373 e. The molecule has 0 saturated heterocycles. The van der Waals surface area contributed by atoms with Crippen LogP contribution in [0, 0.1) is 0 Å². The first kappa shape index (κ1) is 13.1. The van der Waals surface area contributed by atoms with Crippen molar-refractivity contribution < 1.29 is 0 Å². The van der Waals surface area contributed by atoms with Gasteiger partial charge >= 0.3 is 0 Å². The molecule has 0 aliphatic heterocycles. The topological polar surface area (TPSA) is 55.6 Å². The zero-order valence-corrected chi connectivity index (χ0v) is 12.1. The van der Waals surface area contributed by atoms with Crippen LogP contribution in [0.15, 0.2) is 18.5 Å². The molecule has 5 nitrogen and oxygen atoms in total. The highest BCUT2D eigenvalue weighted by molar-refractivity contribution is 5.37. The van der Waals surface area contributed by atoms with Gasteiger partial charge in [0, 0.05) is 44.4 Å². The number of aromatic nitrogens is 4. The van der Waals surface area contributed by atoms with Gasteiger partial charge in [0.2, 0.25) is 0 Å². The predicted octanol–water partition coefficient (Wildman–Crippen LogP) is 2.59. The van der Waals surface area contributed by atoms with E-state index < -0.39 is 0 Å². The van der Waals surface area contributed by atoms with Crippen LogP contribution in [-0.4, -0.2) is 26.6 Å². The lowest BCUT2D eigenvalue weighted by atomic mass is 10.2. The molecule has 0 radical (unpaired) electrons. The molecule has 1 aliphatic rings. The molecule has 106 valence electrons. The molecule has 0 amide bonds. The van der Waals surface area contributed by atoms with Crippen molar-refractivity contribution >= 4 is 5.82 Å². The van der Waals surface area contributed by atoms with Crippen LogP contribution in [0.25, 0.3) is 0 Å². The standard InChI is InChI=1S/C15H21N5/c1-3-7-20-8-6-17-14(20)10-12-9-13(16-2)19-15(18-12)11-4-5-11/h6,8-9,11H,3-5,7,10H2,1-2H3,(H,16,18,19). The molecule has 3 rings (SSSR count). The number of nitrogens with one attached hydrogen (secondary N) is 1. The second-order valence-electron chi connectivity index (χ2n) is 5.34. The highest BCUT2D eigenvalue weighted by Crippen LogP contribution is 2.38. The Kier molecular flexibility index (Phi) is 3.67. The second-order valence-corrected chi connectivity index (χ2v) is 5.34. The van der Waals surface area contributed by atoms with Gasteiger partial charge in [-0.2, -0.15) is 0 Å². The van der Waals surface area contributed by atoms with Gasteiger partial charge in [0.15, 0.2) is 0 Å². The van der Waals surface area contributed by atoms with E-state index in [-0.39, 0.29) is 0 Å². The summed E-state index contributed by atoms with van der Waals surface area (Å²) in [4.78, 5) is 13.7. The van der Waals surface area contributed by atoms with Crippen molar-refractivity contribution in [1.29, 1.82) is 0 Å². The van der Waals surface area contributed by atoms with E-state index in [0.29, 0.717) is 5.92 Å². The van der Waals surface area contributed by atoms with Crippen LogP contribution in [-0.2, 0) is 13.0 Å². The lowest BCUT2D eigenvalue weighted by Crippen LogP contribution is -2.07. The number of rotatable bonds is 6. The SMILES string of the molecule is CCCn1ccnc1Cc1cc(NC)nc(C2CC2)n1. The van der Waals surface area contributed by atoms with Gasteiger partial charge in [0.1, 0.15) is 17.5 Å². The normalized spacial score (nSPS) is 14.5. The third-order valence-electron chi connectivity index (χ3n) is 3.60. The van der Waals surface area contributed by atoms with Gasteiger partial charge in [-0.3, -0.25) is 0 Å². The summed E-state index contributed by atoms with van der Waals surface area (Å²) in [7, 11) is 1.90. The van der Waals surface area contributed by atoms with E-state index in [2.05, 4.69) is 26.8 Å². The molecule has 0 bridgehead atoms. The number of aryl methyl sites for hydroxylation is 1. The van der Waals surface area contributed by atoms with Crippen LogP contribution < -0.4 is 5.32 Å². The highest BCUT2D eigenvalue weighted by Gasteiger charge is 2.27. The maximum atomic E-state index is 4.72. The molecule has 1 N–H and O–H groups in total. The minimum absolute atomic E-state index is 0.567. The monoisotopic (exact) mass is 271 g/mol. The number of nitrogens with zero attached hydrogens (tertiary/aromatic N) is 4. The van der Waals surface area contributed by atoms with Crippen molar-refractivity contribution in [2.45, 2.75) is 45.1 Å². The van der Waals surface area contributed by atoms with E-state index in [9.17, 15) is 0 Å². The molecule has 1 fully saturated rings. The number of anilines is 1. The second kappa shape index (κ2) is 5.61. The van der Waals surface area contributed by atoms with Gasteiger partial charge in [-0.1, -0.05) is 6.92 Å². The Labute approximate surface area is 119 Å². The Morgan fingerprint density at radius 2 is 2.20 bits per heavy atom. The van der Waals surface area contributed by atoms with Crippen molar-refractivity contribution in [1.82, 2.24) is 19.5 Å². The van der Waals surface area contributed by atoms with Crippen LogP contribution >= 0.6 is 0 Å². The van der Waals surface area contributed by atoms with E-state index in [0.717, 1.165) is 42.5 Å². The smallest absolute Gasteiger partial charge is 0.134 e. The third-order valence-corrected chi connectivity index (χ3v) is 3.60. The fourth-order valence-corrected chi connectivity index (χ4v) is 2.37. The Morgan fingerprint density at radius 3 is 2.90 bits per heavy atom. The number of hydrogen-bond acceptors (Lipinski definition) is 4. The van der Waals surface area contributed by atoms with E-state index in [1.165, 1.54) is 12.8 Å². The van der Waals surface area contributed by atoms with Gasteiger partial charge in [-0.05, 0) is 19.3 Å². The molecule has 2 aromatic heterocycles. The highest BCUT2D eigenvalue weighted by atomic mass is 15.1. The quantitative estimate of drug-likeness (QED) is 0.877. The lowest BCUT2D eigenvalue weighted by molar-refractivity contribution is 0.644. The first-order valence-corrected chi connectivity index (χ1v) is 7.35. The number of hydrogen-bond donors (Lipinski definition) is 1. The van der Waals surface area contributed by atoms with Gasteiger partial charge in [0.05, 0.1) is 5.69 Å². The first-order chi connectivity index (χ1) is 9.80. The molecule has 0 atom stereocenters. The Bertz CT molecular complexity index is 586. The fraction of sp³-hybridized carbons (Fsp3) is 0.533. The van der Waals surface area contributed by atoms with Crippen LogP contribution in [0.2, 0.25) is 0 Å². The molecule has 0 aromatic carbocycles. The average molecular weight is 271 g/mol. The zero-order valence-electron chi connectivity index (χ0n) is 12.1. The van der Waals surface area contributed by atoms with Crippen molar-refractivity contribution in [2.24, 2.45) is 0 Å². The van der Waals surface area contributed by atoms with Crippen molar-refractivity contribution in [3.63, 3.8) is 0 Å². The summed E-state index contributed by atoms with van der Waals surface area (Å²) in [5, 5.41) is 3.13. The molecule has 0 spiro atoms. The summed E-state index contributed by atoms with van der Waals surface area (Å²) in [5.74, 6) is 3.54. The molecule has 1 saturated carbocycles. The van der Waals surface area contributed by atoms with Gasteiger partial charge in [-0.25, -0.2) is 15.0 Å². The Hall–Kier alpha value is -1.91. The molecule has 1 aliphatic carbocycles.